The molecule has 0 aromatic heterocycles. The Hall–Kier alpha value is -0.340. The van der Waals surface area contributed by atoms with Crippen LogP contribution in [0.4, 0.5) is 0 Å². The van der Waals surface area contributed by atoms with Crippen molar-refractivity contribution >= 4 is 0 Å². The summed E-state index contributed by atoms with van der Waals surface area (Å²) in [5.74, 6) is 3.36. The first-order valence-corrected chi connectivity index (χ1v) is 8.66. The van der Waals surface area contributed by atoms with E-state index in [1.54, 1.807) is 0 Å². The number of rotatable bonds is 5. The zero-order valence-corrected chi connectivity index (χ0v) is 13.1. The lowest BCUT2D eigenvalue weighted by Crippen LogP contribution is -2.36. The summed E-state index contributed by atoms with van der Waals surface area (Å²) in [6, 6.07) is 0. The molecule has 0 heterocycles. The van der Waals surface area contributed by atoms with Gasteiger partial charge in [0.25, 0.3) is 0 Å². The number of hydrogen-bond donors (Lipinski definition) is 1. The van der Waals surface area contributed by atoms with Crippen LogP contribution in [0.15, 0.2) is 11.6 Å². The molecule has 3 aliphatic carbocycles. The van der Waals surface area contributed by atoms with Gasteiger partial charge in [0.2, 0.25) is 0 Å². The van der Waals surface area contributed by atoms with Gasteiger partial charge in [0, 0.05) is 0 Å². The molecule has 3 rings (SSSR count). The fraction of sp³-hybridized carbons (Fsp3) is 0.889. The summed E-state index contributed by atoms with van der Waals surface area (Å²) in [6.07, 6.45) is 12.5. The molecule has 3 aliphatic rings. The van der Waals surface area contributed by atoms with Crippen LogP contribution in [0.3, 0.4) is 0 Å². The predicted molar refractivity (Wildman–Crippen MR) is 81.5 cm³/mol. The zero-order chi connectivity index (χ0) is 14.1. The van der Waals surface area contributed by atoms with Gasteiger partial charge in [-0.1, -0.05) is 31.8 Å². The van der Waals surface area contributed by atoms with Gasteiger partial charge in [-0.3, -0.25) is 0 Å². The van der Waals surface area contributed by atoms with Gasteiger partial charge in [-0.05, 0) is 62.4 Å². The summed E-state index contributed by atoms with van der Waals surface area (Å²) in [5.41, 5.74) is 1.16. The summed E-state index contributed by atoms with van der Waals surface area (Å²) in [4.78, 5) is 0. The van der Waals surface area contributed by atoms with E-state index in [4.69, 9.17) is 4.74 Å². The molecule has 1 N–H and O–H groups in total. The van der Waals surface area contributed by atoms with Crippen molar-refractivity contribution in [2.45, 2.75) is 71.0 Å². The van der Waals surface area contributed by atoms with E-state index < -0.39 is 0 Å². The zero-order valence-electron chi connectivity index (χ0n) is 13.1. The monoisotopic (exact) mass is 278 g/mol. The van der Waals surface area contributed by atoms with Crippen LogP contribution in [0.1, 0.15) is 58.8 Å². The Balaban J connectivity index is 1.78. The Kier molecular flexibility index (Phi) is 4.52. The molecule has 0 aromatic rings. The van der Waals surface area contributed by atoms with Crippen molar-refractivity contribution in [2.75, 3.05) is 6.61 Å². The molecule has 2 fully saturated rings. The van der Waals surface area contributed by atoms with Crippen LogP contribution in [0, 0.1) is 23.7 Å². The van der Waals surface area contributed by atoms with Crippen LogP contribution in [0.5, 0.6) is 0 Å². The fourth-order valence-electron chi connectivity index (χ4n) is 4.52. The van der Waals surface area contributed by atoms with Crippen molar-refractivity contribution in [1.29, 1.82) is 0 Å². The van der Waals surface area contributed by atoms with Gasteiger partial charge >= 0.3 is 0 Å². The van der Waals surface area contributed by atoms with Gasteiger partial charge in [0.1, 0.15) is 0 Å². The Bertz CT molecular complexity index is 350. The van der Waals surface area contributed by atoms with E-state index in [1.165, 1.54) is 38.5 Å². The molecule has 3 atom stereocenters. The lowest BCUT2D eigenvalue weighted by atomic mass is 9.70. The summed E-state index contributed by atoms with van der Waals surface area (Å²) in [7, 11) is 0. The molecule has 0 saturated heterocycles. The van der Waals surface area contributed by atoms with Gasteiger partial charge in [-0.15, -0.1) is 0 Å². The van der Waals surface area contributed by atoms with Crippen molar-refractivity contribution in [2.24, 2.45) is 23.7 Å². The van der Waals surface area contributed by atoms with E-state index in [9.17, 15) is 5.11 Å². The van der Waals surface area contributed by atoms with Crippen molar-refractivity contribution in [1.82, 2.24) is 0 Å². The Morgan fingerprint density at radius 1 is 1.15 bits per heavy atom. The van der Waals surface area contributed by atoms with Crippen molar-refractivity contribution in [3.05, 3.63) is 11.6 Å². The van der Waals surface area contributed by atoms with Gasteiger partial charge in [-0.2, -0.15) is 0 Å². The standard InChI is InChI=1S/C18H30O2/c1-12(2)20-18-10-17(13-5-3-4-6-13)16(14-7-8-14)9-15(18)11-19/h9,12-14,16-19H,3-8,10-11H2,1-2H3/t16-,17?,18+/m1/s1. The maximum absolute atomic E-state index is 9.70. The van der Waals surface area contributed by atoms with E-state index in [0.717, 1.165) is 35.7 Å². The molecule has 0 bridgehead atoms. The molecule has 20 heavy (non-hydrogen) atoms. The maximum atomic E-state index is 9.70. The van der Waals surface area contributed by atoms with Crippen molar-refractivity contribution in [3.63, 3.8) is 0 Å². The molecule has 0 aromatic carbocycles. The third-order valence-electron chi connectivity index (χ3n) is 5.59. The molecule has 0 aliphatic heterocycles. The second-order valence-electron chi connectivity index (χ2n) is 7.43. The summed E-state index contributed by atoms with van der Waals surface area (Å²) in [6.45, 7) is 4.39. The molecule has 0 radical (unpaired) electrons. The number of aliphatic hydroxyl groups is 1. The van der Waals surface area contributed by atoms with Crippen LogP contribution in [0.25, 0.3) is 0 Å². The first-order valence-electron chi connectivity index (χ1n) is 8.66. The minimum absolute atomic E-state index is 0.167. The molecule has 2 saturated carbocycles. The second-order valence-corrected chi connectivity index (χ2v) is 7.43. The normalized spacial score (nSPS) is 35.6. The van der Waals surface area contributed by atoms with Crippen LogP contribution < -0.4 is 0 Å². The van der Waals surface area contributed by atoms with E-state index in [2.05, 4.69) is 19.9 Å². The van der Waals surface area contributed by atoms with E-state index >= 15 is 0 Å². The average Bonchev–Trinajstić information content (AvgIpc) is 3.12. The van der Waals surface area contributed by atoms with Gasteiger partial charge in [-0.25, -0.2) is 0 Å². The number of ether oxygens (including phenoxy) is 1. The topological polar surface area (TPSA) is 29.5 Å². The summed E-state index contributed by atoms with van der Waals surface area (Å²) in [5, 5.41) is 9.70. The summed E-state index contributed by atoms with van der Waals surface area (Å²) >= 11 is 0. The minimum atomic E-state index is 0.167. The number of allylic oxidation sites excluding steroid dienone is 1. The van der Waals surface area contributed by atoms with E-state index in [0.29, 0.717) is 0 Å². The highest BCUT2D eigenvalue weighted by Gasteiger charge is 2.43. The lowest BCUT2D eigenvalue weighted by Gasteiger charge is -2.39. The van der Waals surface area contributed by atoms with Crippen molar-refractivity contribution in [3.8, 4) is 0 Å². The SMILES string of the molecule is CC(C)O[C@H]1CC(C2CCCC2)[C@@H](C2CC2)C=C1CO. The third-order valence-corrected chi connectivity index (χ3v) is 5.59. The third kappa shape index (κ3) is 3.12. The predicted octanol–water partition coefficient (Wildman–Crippen LogP) is 3.94. The first-order chi connectivity index (χ1) is 9.69. The minimum Gasteiger partial charge on any atom is -0.392 e. The Labute approximate surface area is 123 Å². The lowest BCUT2D eigenvalue weighted by molar-refractivity contribution is -0.00872. The average molecular weight is 278 g/mol. The van der Waals surface area contributed by atoms with E-state index in [-0.39, 0.29) is 18.8 Å². The van der Waals surface area contributed by atoms with Gasteiger partial charge < -0.3 is 9.84 Å². The van der Waals surface area contributed by atoms with Crippen LogP contribution >= 0.6 is 0 Å². The quantitative estimate of drug-likeness (QED) is 0.772. The van der Waals surface area contributed by atoms with Gasteiger partial charge in [0.15, 0.2) is 0 Å². The largest absolute Gasteiger partial charge is 0.392 e. The molecule has 0 spiro atoms. The fourth-order valence-corrected chi connectivity index (χ4v) is 4.52. The number of hydrogen-bond acceptors (Lipinski definition) is 2. The number of aliphatic hydroxyl groups excluding tert-OH is 1. The Morgan fingerprint density at radius 2 is 1.85 bits per heavy atom. The van der Waals surface area contributed by atoms with Crippen LogP contribution in [-0.2, 0) is 4.74 Å². The van der Waals surface area contributed by atoms with Crippen LogP contribution in [-0.4, -0.2) is 23.9 Å². The highest BCUT2D eigenvalue weighted by atomic mass is 16.5. The maximum Gasteiger partial charge on any atom is 0.0813 e. The smallest absolute Gasteiger partial charge is 0.0813 e. The van der Waals surface area contributed by atoms with Crippen LogP contribution in [0.2, 0.25) is 0 Å². The molecule has 1 unspecified atom stereocenters. The molecular weight excluding hydrogens is 248 g/mol. The molecule has 114 valence electrons. The molecule has 2 nitrogen and oxygen atoms in total. The summed E-state index contributed by atoms with van der Waals surface area (Å²) < 4.78 is 6.10. The molecule has 0 amide bonds. The molecular formula is C18H30O2. The second kappa shape index (κ2) is 6.19. The van der Waals surface area contributed by atoms with Gasteiger partial charge in [0.05, 0.1) is 18.8 Å². The van der Waals surface area contributed by atoms with E-state index in [1.807, 2.05) is 0 Å². The molecule has 2 heteroatoms. The first kappa shape index (κ1) is 14.6. The Morgan fingerprint density at radius 3 is 2.40 bits per heavy atom. The highest BCUT2D eigenvalue weighted by molar-refractivity contribution is 5.19. The van der Waals surface area contributed by atoms with Crippen molar-refractivity contribution < 1.29 is 9.84 Å². The highest BCUT2D eigenvalue weighted by Crippen LogP contribution is 2.51.